The number of anilines is 1. The minimum Gasteiger partial charge on any atom is -0.357 e. The normalized spacial score (nSPS) is 16.5. The van der Waals surface area contributed by atoms with Crippen LogP contribution in [0.4, 0.5) is 19.0 Å². The van der Waals surface area contributed by atoms with Crippen molar-refractivity contribution in [1.82, 2.24) is 10.3 Å². The van der Waals surface area contributed by atoms with E-state index in [0.29, 0.717) is 38.3 Å². The van der Waals surface area contributed by atoms with Crippen molar-refractivity contribution in [2.24, 2.45) is 5.92 Å². The Balaban J connectivity index is 1.49. The first kappa shape index (κ1) is 21.1. The number of carbonyl (C=O) groups is 1. The third kappa shape index (κ3) is 5.49. The zero-order valence-electron chi connectivity index (χ0n) is 16.5. The fourth-order valence-corrected chi connectivity index (χ4v) is 3.70. The number of alkyl halides is 3. The summed E-state index contributed by atoms with van der Waals surface area (Å²) in [5.41, 5.74) is 0.470. The highest BCUT2D eigenvalue weighted by molar-refractivity contribution is 5.79. The van der Waals surface area contributed by atoms with Crippen molar-refractivity contribution >= 4 is 11.7 Å². The number of aromatic nitrogens is 1. The van der Waals surface area contributed by atoms with Crippen LogP contribution in [0, 0.1) is 5.92 Å². The molecule has 2 aromatic rings. The molecule has 0 bridgehead atoms. The summed E-state index contributed by atoms with van der Waals surface area (Å²) in [5.74, 6) is 0.789. The predicted molar refractivity (Wildman–Crippen MR) is 107 cm³/mol. The number of halogens is 3. The summed E-state index contributed by atoms with van der Waals surface area (Å²) in [4.78, 5) is 18.5. The zero-order chi connectivity index (χ0) is 20.9. The summed E-state index contributed by atoms with van der Waals surface area (Å²) >= 11 is 0. The molecule has 1 atom stereocenters. The van der Waals surface area contributed by atoms with Crippen molar-refractivity contribution in [2.75, 3.05) is 24.5 Å². The minimum atomic E-state index is -4.38. The number of amides is 1. The van der Waals surface area contributed by atoms with Gasteiger partial charge in [0.25, 0.3) is 0 Å². The van der Waals surface area contributed by atoms with Gasteiger partial charge in [0.15, 0.2) is 0 Å². The van der Waals surface area contributed by atoms with Gasteiger partial charge in [0.2, 0.25) is 5.91 Å². The van der Waals surface area contributed by atoms with E-state index in [9.17, 15) is 18.0 Å². The van der Waals surface area contributed by atoms with Crippen LogP contribution in [0.25, 0.3) is 0 Å². The number of carbonyl (C=O) groups excluding carboxylic acids is 1. The van der Waals surface area contributed by atoms with Gasteiger partial charge in [-0.05, 0) is 37.0 Å². The maximum absolute atomic E-state index is 12.7. The van der Waals surface area contributed by atoms with E-state index in [1.165, 1.54) is 11.6 Å². The molecule has 0 aliphatic carbocycles. The van der Waals surface area contributed by atoms with Crippen molar-refractivity contribution < 1.29 is 18.0 Å². The molecule has 1 aliphatic rings. The van der Waals surface area contributed by atoms with Crippen LogP contribution >= 0.6 is 0 Å². The first-order valence-electron chi connectivity index (χ1n) is 9.99. The number of nitrogens with one attached hydrogen (secondary N) is 1. The van der Waals surface area contributed by atoms with E-state index in [2.05, 4.69) is 29.4 Å². The maximum Gasteiger partial charge on any atom is 0.417 e. The van der Waals surface area contributed by atoms with Gasteiger partial charge in [0.1, 0.15) is 5.82 Å². The average molecular weight is 405 g/mol. The van der Waals surface area contributed by atoms with Gasteiger partial charge >= 0.3 is 6.18 Å². The molecular formula is C22H26F3N3O. The van der Waals surface area contributed by atoms with Gasteiger partial charge < -0.3 is 10.2 Å². The van der Waals surface area contributed by atoms with Crippen LogP contribution in [0.2, 0.25) is 0 Å². The Labute approximate surface area is 169 Å². The van der Waals surface area contributed by atoms with E-state index in [4.69, 9.17) is 0 Å². The summed E-state index contributed by atoms with van der Waals surface area (Å²) in [5, 5.41) is 3.08. The molecule has 1 fully saturated rings. The molecule has 0 radical (unpaired) electrons. The van der Waals surface area contributed by atoms with Crippen LogP contribution in [0.3, 0.4) is 0 Å². The highest BCUT2D eigenvalue weighted by atomic mass is 19.4. The van der Waals surface area contributed by atoms with Gasteiger partial charge in [0, 0.05) is 37.7 Å². The smallest absolute Gasteiger partial charge is 0.357 e. The molecule has 0 spiro atoms. The van der Waals surface area contributed by atoms with E-state index in [1.54, 1.807) is 0 Å². The van der Waals surface area contributed by atoms with E-state index in [0.717, 1.165) is 18.7 Å². The quantitative estimate of drug-likeness (QED) is 0.762. The van der Waals surface area contributed by atoms with Crippen molar-refractivity contribution in [3.05, 3.63) is 59.8 Å². The number of benzene rings is 1. The Hall–Kier alpha value is -2.57. The lowest BCUT2D eigenvalue weighted by Crippen LogP contribution is -2.41. The van der Waals surface area contributed by atoms with E-state index < -0.39 is 11.7 Å². The van der Waals surface area contributed by atoms with Gasteiger partial charge in [-0.25, -0.2) is 4.98 Å². The van der Waals surface area contributed by atoms with Gasteiger partial charge in [0.05, 0.1) is 5.56 Å². The summed E-state index contributed by atoms with van der Waals surface area (Å²) in [6.07, 6.45) is -1.25. The molecule has 3 rings (SSSR count). The number of pyridine rings is 1. The Morgan fingerprint density at radius 3 is 2.41 bits per heavy atom. The standard InChI is InChI=1S/C22H26F3N3O/c1-2-16(17-6-4-3-5-7-17)14-27-21(29)18-10-12-28(13-11-18)20-9-8-19(15-26-20)22(23,24)25/h3-9,15-16,18H,2,10-14H2,1H3,(H,27,29)/t16-/m1/s1. The second kappa shape index (κ2) is 9.29. The highest BCUT2D eigenvalue weighted by Crippen LogP contribution is 2.30. The third-order valence-electron chi connectivity index (χ3n) is 5.55. The van der Waals surface area contributed by atoms with Crippen LogP contribution in [0.1, 0.15) is 43.2 Å². The fourth-order valence-electron chi connectivity index (χ4n) is 3.70. The molecule has 1 aromatic carbocycles. The first-order chi connectivity index (χ1) is 13.9. The lowest BCUT2D eigenvalue weighted by molar-refractivity contribution is -0.137. The van der Waals surface area contributed by atoms with Crippen molar-refractivity contribution in [1.29, 1.82) is 0 Å². The van der Waals surface area contributed by atoms with Crippen LogP contribution in [-0.2, 0) is 11.0 Å². The molecular weight excluding hydrogens is 379 g/mol. The van der Waals surface area contributed by atoms with Crippen LogP contribution in [-0.4, -0.2) is 30.5 Å². The summed E-state index contributed by atoms with van der Waals surface area (Å²) < 4.78 is 38.0. The third-order valence-corrected chi connectivity index (χ3v) is 5.55. The van der Waals surface area contributed by atoms with Crippen molar-refractivity contribution in [3.8, 4) is 0 Å². The Bertz CT molecular complexity index is 785. The van der Waals surface area contributed by atoms with Gasteiger partial charge in [-0.2, -0.15) is 13.2 Å². The largest absolute Gasteiger partial charge is 0.417 e. The molecule has 2 heterocycles. The summed E-state index contributed by atoms with van der Waals surface area (Å²) in [6, 6.07) is 12.6. The number of hydrogen-bond acceptors (Lipinski definition) is 3. The highest BCUT2D eigenvalue weighted by Gasteiger charge is 2.31. The molecule has 29 heavy (non-hydrogen) atoms. The number of nitrogens with zero attached hydrogens (tertiary/aromatic N) is 2. The zero-order valence-corrected chi connectivity index (χ0v) is 16.5. The Morgan fingerprint density at radius 1 is 1.17 bits per heavy atom. The number of rotatable bonds is 6. The van der Waals surface area contributed by atoms with E-state index >= 15 is 0 Å². The van der Waals surface area contributed by atoms with E-state index in [1.807, 2.05) is 23.1 Å². The molecule has 1 aliphatic heterocycles. The fraction of sp³-hybridized carbons (Fsp3) is 0.455. The lowest BCUT2D eigenvalue weighted by atomic mass is 9.94. The molecule has 1 aromatic heterocycles. The molecule has 1 saturated heterocycles. The molecule has 0 unspecified atom stereocenters. The first-order valence-corrected chi connectivity index (χ1v) is 9.99. The second-order valence-electron chi connectivity index (χ2n) is 7.43. The van der Waals surface area contributed by atoms with Crippen LogP contribution in [0.15, 0.2) is 48.7 Å². The Morgan fingerprint density at radius 2 is 1.86 bits per heavy atom. The number of piperidine rings is 1. The SMILES string of the molecule is CC[C@H](CNC(=O)C1CCN(c2ccc(C(F)(F)F)cn2)CC1)c1ccccc1. The molecule has 7 heteroatoms. The van der Waals surface area contributed by atoms with Crippen LogP contribution < -0.4 is 10.2 Å². The molecule has 1 N–H and O–H groups in total. The van der Waals surface area contributed by atoms with Gasteiger partial charge in [-0.1, -0.05) is 37.3 Å². The van der Waals surface area contributed by atoms with Gasteiger partial charge in [-0.15, -0.1) is 0 Å². The number of hydrogen-bond donors (Lipinski definition) is 1. The molecule has 0 saturated carbocycles. The topological polar surface area (TPSA) is 45.2 Å². The van der Waals surface area contributed by atoms with Crippen molar-refractivity contribution in [3.63, 3.8) is 0 Å². The van der Waals surface area contributed by atoms with Gasteiger partial charge in [-0.3, -0.25) is 4.79 Å². The maximum atomic E-state index is 12.7. The summed E-state index contributed by atoms with van der Waals surface area (Å²) in [7, 11) is 0. The van der Waals surface area contributed by atoms with Crippen molar-refractivity contribution in [2.45, 2.75) is 38.3 Å². The van der Waals surface area contributed by atoms with Crippen LogP contribution in [0.5, 0.6) is 0 Å². The lowest BCUT2D eigenvalue weighted by Gasteiger charge is -2.32. The average Bonchev–Trinajstić information content (AvgIpc) is 2.74. The molecule has 4 nitrogen and oxygen atoms in total. The Kier molecular flexibility index (Phi) is 6.77. The predicted octanol–water partition coefficient (Wildman–Crippen LogP) is 4.63. The monoisotopic (exact) mass is 405 g/mol. The minimum absolute atomic E-state index is 0.0550. The molecule has 156 valence electrons. The second-order valence-corrected chi connectivity index (χ2v) is 7.43. The summed E-state index contributed by atoms with van der Waals surface area (Å²) in [6.45, 7) is 3.93. The molecule has 1 amide bonds. The van der Waals surface area contributed by atoms with E-state index in [-0.39, 0.29) is 17.7 Å².